The summed E-state index contributed by atoms with van der Waals surface area (Å²) in [5.74, 6) is 0.524. The van der Waals surface area contributed by atoms with Crippen molar-refractivity contribution < 1.29 is 4.79 Å². The number of nitrogens with zero attached hydrogens (tertiary/aromatic N) is 1. The quantitative estimate of drug-likeness (QED) is 0.908. The number of hydrogen-bond donors (Lipinski definition) is 2. The standard InChI is InChI=1S/C18H23N3O/c19-17(10-13-4-2-1-3-5-13)18(22)21-16-7-6-15-12-20-9-8-14(15)11-16/h6-9,11-13,17H,1-5,10,19H2,(H,21,22). The number of aromatic nitrogens is 1. The van der Waals surface area contributed by atoms with Crippen molar-refractivity contribution in [2.24, 2.45) is 11.7 Å². The van der Waals surface area contributed by atoms with Crippen molar-refractivity contribution in [2.75, 3.05) is 5.32 Å². The van der Waals surface area contributed by atoms with Crippen LogP contribution in [0.1, 0.15) is 38.5 Å². The van der Waals surface area contributed by atoms with Crippen LogP contribution in [0.25, 0.3) is 10.8 Å². The molecule has 1 fully saturated rings. The van der Waals surface area contributed by atoms with Crippen LogP contribution >= 0.6 is 0 Å². The van der Waals surface area contributed by atoms with Gasteiger partial charge in [0.05, 0.1) is 6.04 Å². The van der Waals surface area contributed by atoms with E-state index in [1.807, 2.05) is 30.5 Å². The molecule has 0 bridgehead atoms. The summed E-state index contributed by atoms with van der Waals surface area (Å²) in [5.41, 5.74) is 6.88. The molecule has 0 aliphatic heterocycles. The number of amides is 1. The molecule has 3 rings (SSSR count). The lowest BCUT2D eigenvalue weighted by molar-refractivity contribution is -0.117. The Hall–Kier alpha value is -1.94. The number of hydrogen-bond acceptors (Lipinski definition) is 3. The lowest BCUT2D eigenvalue weighted by Crippen LogP contribution is -2.37. The highest BCUT2D eigenvalue weighted by Gasteiger charge is 2.21. The fourth-order valence-electron chi connectivity index (χ4n) is 3.29. The van der Waals surface area contributed by atoms with Gasteiger partial charge in [-0.1, -0.05) is 38.2 Å². The Kier molecular flexibility index (Phi) is 4.68. The molecular formula is C18H23N3O. The number of fused-ring (bicyclic) bond motifs is 1. The highest BCUT2D eigenvalue weighted by molar-refractivity contribution is 5.97. The Bertz CT molecular complexity index is 650. The minimum atomic E-state index is -0.420. The average Bonchev–Trinajstić information content (AvgIpc) is 2.55. The number of carbonyl (C=O) groups is 1. The van der Waals surface area contributed by atoms with Crippen LogP contribution in [-0.4, -0.2) is 16.9 Å². The minimum absolute atomic E-state index is 0.0843. The van der Waals surface area contributed by atoms with Crippen LogP contribution in [0.3, 0.4) is 0 Å². The predicted molar refractivity (Wildman–Crippen MR) is 89.5 cm³/mol. The zero-order valence-corrected chi connectivity index (χ0v) is 12.8. The van der Waals surface area contributed by atoms with E-state index in [-0.39, 0.29) is 5.91 Å². The molecule has 0 saturated heterocycles. The molecule has 2 aromatic rings. The van der Waals surface area contributed by atoms with E-state index >= 15 is 0 Å². The fourth-order valence-corrected chi connectivity index (χ4v) is 3.29. The average molecular weight is 297 g/mol. The lowest BCUT2D eigenvalue weighted by atomic mass is 9.85. The number of pyridine rings is 1. The van der Waals surface area contributed by atoms with E-state index in [4.69, 9.17) is 5.73 Å². The van der Waals surface area contributed by atoms with E-state index in [1.54, 1.807) is 6.20 Å². The Labute approximate surface area is 131 Å². The Morgan fingerprint density at radius 1 is 1.23 bits per heavy atom. The first-order chi connectivity index (χ1) is 10.7. The Morgan fingerprint density at radius 3 is 2.86 bits per heavy atom. The van der Waals surface area contributed by atoms with Gasteiger partial charge >= 0.3 is 0 Å². The summed E-state index contributed by atoms with van der Waals surface area (Å²) in [5, 5.41) is 5.06. The number of rotatable bonds is 4. The highest BCUT2D eigenvalue weighted by Crippen LogP contribution is 2.27. The molecule has 1 aromatic carbocycles. The molecule has 0 radical (unpaired) electrons. The first-order valence-corrected chi connectivity index (χ1v) is 8.12. The van der Waals surface area contributed by atoms with Gasteiger partial charge in [-0.3, -0.25) is 9.78 Å². The molecule has 22 heavy (non-hydrogen) atoms. The van der Waals surface area contributed by atoms with Crippen LogP contribution in [0.4, 0.5) is 5.69 Å². The van der Waals surface area contributed by atoms with Gasteiger partial charge in [0.15, 0.2) is 0 Å². The van der Waals surface area contributed by atoms with Gasteiger partial charge in [-0.05, 0) is 35.9 Å². The molecule has 4 nitrogen and oxygen atoms in total. The number of nitrogens with one attached hydrogen (secondary N) is 1. The first-order valence-electron chi connectivity index (χ1n) is 8.12. The summed E-state index contributed by atoms with van der Waals surface area (Å²) in [6, 6.07) is 7.34. The van der Waals surface area contributed by atoms with Crippen LogP contribution < -0.4 is 11.1 Å². The largest absolute Gasteiger partial charge is 0.325 e. The monoisotopic (exact) mass is 297 g/mol. The summed E-state index contributed by atoms with van der Waals surface area (Å²) in [7, 11) is 0. The molecule has 1 aromatic heterocycles. The van der Waals surface area contributed by atoms with Crippen LogP contribution in [0.2, 0.25) is 0 Å². The molecule has 4 heteroatoms. The molecule has 1 unspecified atom stereocenters. The highest BCUT2D eigenvalue weighted by atomic mass is 16.2. The molecule has 1 atom stereocenters. The number of carbonyl (C=O) groups excluding carboxylic acids is 1. The van der Waals surface area contributed by atoms with Gasteiger partial charge in [0.2, 0.25) is 5.91 Å². The van der Waals surface area contributed by atoms with Crippen molar-refractivity contribution in [1.29, 1.82) is 0 Å². The van der Waals surface area contributed by atoms with Gasteiger partial charge in [-0.15, -0.1) is 0 Å². The molecule has 1 saturated carbocycles. The summed E-state index contributed by atoms with van der Waals surface area (Å²) in [4.78, 5) is 16.4. The van der Waals surface area contributed by atoms with E-state index in [0.717, 1.165) is 22.9 Å². The molecule has 116 valence electrons. The maximum atomic E-state index is 12.3. The first kappa shape index (κ1) is 15.0. The van der Waals surface area contributed by atoms with Crippen LogP contribution in [0, 0.1) is 5.92 Å². The number of nitrogens with two attached hydrogens (primary N) is 1. The maximum absolute atomic E-state index is 12.3. The molecule has 1 aliphatic carbocycles. The normalized spacial score (nSPS) is 17.3. The second-order valence-electron chi connectivity index (χ2n) is 6.27. The van der Waals surface area contributed by atoms with Crippen molar-refractivity contribution in [1.82, 2.24) is 4.98 Å². The van der Waals surface area contributed by atoms with Gasteiger partial charge in [-0.25, -0.2) is 0 Å². The Morgan fingerprint density at radius 2 is 2.05 bits per heavy atom. The predicted octanol–water partition coefficient (Wildman–Crippen LogP) is 3.47. The number of anilines is 1. The minimum Gasteiger partial charge on any atom is -0.325 e. The van der Waals surface area contributed by atoms with Crippen molar-refractivity contribution in [2.45, 2.75) is 44.6 Å². The summed E-state index contributed by atoms with van der Waals surface area (Å²) >= 11 is 0. The Balaban J connectivity index is 1.61. The van der Waals surface area contributed by atoms with Crippen molar-refractivity contribution in [3.05, 3.63) is 36.7 Å². The van der Waals surface area contributed by atoms with E-state index in [2.05, 4.69) is 10.3 Å². The van der Waals surface area contributed by atoms with Gasteiger partial charge in [-0.2, -0.15) is 0 Å². The maximum Gasteiger partial charge on any atom is 0.241 e. The summed E-state index contributed by atoms with van der Waals surface area (Å²) in [6.07, 6.45) is 10.7. The van der Waals surface area contributed by atoms with Crippen LogP contribution in [-0.2, 0) is 4.79 Å². The summed E-state index contributed by atoms with van der Waals surface area (Å²) < 4.78 is 0. The topological polar surface area (TPSA) is 68.0 Å². The third-order valence-corrected chi connectivity index (χ3v) is 4.56. The van der Waals surface area contributed by atoms with E-state index in [0.29, 0.717) is 5.92 Å². The molecule has 1 aliphatic rings. The summed E-state index contributed by atoms with van der Waals surface area (Å²) in [6.45, 7) is 0. The van der Waals surface area contributed by atoms with Gasteiger partial charge in [0, 0.05) is 23.5 Å². The molecule has 3 N–H and O–H groups in total. The van der Waals surface area contributed by atoms with Gasteiger partial charge in [0.25, 0.3) is 0 Å². The van der Waals surface area contributed by atoms with Crippen LogP contribution in [0.15, 0.2) is 36.7 Å². The molecule has 0 spiro atoms. The zero-order valence-electron chi connectivity index (χ0n) is 12.8. The van der Waals surface area contributed by atoms with Crippen LogP contribution in [0.5, 0.6) is 0 Å². The molecular weight excluding hydrogens is 274 g/mol. The third-order valence-electron chi connectivity index (χ3n) is 4.56. The van der Waals surface area contributed by atoms with Crippen molar-refractivity contribution in [3.8, 4) is 0 Å². The SMILES string of the molecule is NC(CC1CCCCC1)C(=O)Nc1ccc2cnccc2c1. The lowest BCUT2D eigenvalue weighted by Gasteiger charge is -2.24. The third kappa shape index (κ3) is 3.63. The number of benzene rings is 1. The van der Waals surface area contributed by atoms with Crippen molar-refractivity contribution in [3.63, 3.8) is 0 Å². The molecule has 1 heterocycles. The second kappa shape index (κ2) is 6.88. The second-order valence-corrected chi connectivity index (χ2v) is 6.27. The van der Waals surface area contributed by atoms with E-state index < -0.39 is 6.04 Å². The fraction of sp³-hybridized carbons (Fsp3) is 0.444. The van der Waals surface area contributed by atoms with E-state index in [1.165, 1.54) is 32.1 Å². The van der Waals surface area contributed by atoms with Gasteiger partial charge in [0.1, 0.15) is 0 Å². The van der Waals surface area contributed by atoms with Gasteiger partial charge < -0.3 is 11.1 Å². The smallest absolute Gasteiger partial charge is 0.241 e. The zero-order chi connectivity index (χ0) is 15.4. The molecule has 1 amide bonds. The van der Waals surface area contributed by atoms with Crippen molar-refractivity contribution >= 4 is 22.4 Å². The van der Waals surface area contributed by atoms with E-state index in [9.17, 15) is 4.79 Å².